The van der Waals surface area contributed by atoms with Gasteiger partial charge < -0.3 is 0 Å². The van der Waals surface area contributed by atoms with E-state index in [0.717, 1.165) is 0 Å². The van der Waals surface area contributed by atoms with Gasteiger partial charge in [-0.3, -0.25) is 0 Å². The van der Waals surface area contributed by atoms with Gasteiger partial charge in [0.2, 0.25) is 0 Å². The third kappa shape index (κ3) is 29.8. The van der Waals surface area contributed by atoms with E-state index in [1.165, 1.54) is 16.7 Å². The maximum Gasteiger partial charge on any atom is 0 e. The normalized spacial score (nSPS) is 2.60. The standard InChI is InChI=1S/C2H5.ClH.Li.Zn/c1-2;;;/h1H2,2H3;1H;;/q;;+1;/p-1. The summed E-state index contributed by atoms with van der Waals surface area (Å²) in [6.07, 6.45) is 0. The molecule has 0 N–H and O–H groups in total. The molecule has 0 spiro atoms. The maximum absolute atomic E-state index is 4.64. The summed E-state index contributed by atoms with van der Waals surface area (Å²) in [6, 6.07) is 0. The van der Waals surface area contributed by atoms with Crippen LogP contribution in [-0.2, 0) is 19.5 Å². The second-order valence-corrected chi connectivity index (χ2v) is 0. The average Bonchev–Trinajstić information content (AvgIpc) is 1.50. The van der Waals surface area contributed by atoms with Crippen molar-refractivity contribution in [2.24, 2.45) is 0 Å². The van der Waals surface area contributed by atoms with Gasteiger partial charge in [0.15, 0.2) is 0 Å². The Morgan fingerprint density at radius 1 is 1.40 bits per heavy atom. The fourth-order valence-electron chi connectivity index (χ4n) is 0. The van der Waals surface area contributed by atoms with Crippen molar-refractivity contribution in [2.45, 2.75) is 6.92 Å². The number of rotatable bonds is 0. The molecule has 0 nitrogen and oxygen atoms in total. The van der Waals surface area contributed by atoms with E-state index in [2.05, 4.69) is 16.7 Å². The van der Waals surface area contributed by atoms with Crippen LogP contribution in [-0.4, -0.2) is 16.7 Å². The Morgan fingerprint density at radius 3 is 1.40 bits per heavy atom. The summed E-state index contributed by atoms with van der Waals surface area (Å²) in [5.41, 5.74) is 0. The van der Waals surface area contributed by atoms with Gasteiger partial charge in [0, 0.05) is 19.5 Å². The molecule has 0 atom stereocenters. The van der Waals surface area contributed by atoms with Crippen LogP contribution < -0.4 is 0 Å². The molecule has 5 heavy (non-hydrogen) atoms. The van der Waals surface area contributed by atoms with Gasteiger partial charge in [0.25, 0.3) is 0 Å². The molecule has 0 aromatic rings. The minimum Gasteiger partial charge on any atom is 0 e. The fraction of sp³-hybridized carbons (Fsp3) is 0.500. The van der Waals surface area contributed by atoms with Crippen LogP contribution in [0.3, 0.4) is 0 Å². The Bertz CT molecular complexity index is 9.61. The largest absolute Gasteiger partial charge is 0 e. The molecule has 0 aliphatic carbocycles. The molecular weight excluding hydrogens is 132 g/mol. The summed E-state index contributed by atoms with van der Waals surface area (Å²) in [4.78, 5) is 0. The van der Waals surface area contributed by atoms with Crippen LogP contribution in [0.2, 0.25) is 0 Å². The zero-order chi connectivity index (χ0) is 4.00. The van der Waals surface area contributed by atoms with Gasteiger partial charge in [-0.2, -0.15) is 0 Å². The minimum atomic E-state index is 0. The predicted octanol–water partition coefficient (Wildman–Crippen LogP) is 1.15. The molecule has 1 radical (unpaired) electrons. The van der Waals surface area contributed by atoms with E-state index < -0.39 is 0 Å². The van der Waals surface area contributed by atoms with Crippen molar-refractivity contribution >= 4 is 26.5 Å². The molecule has 0 aliphatic heterocycles. The molecule has 0 aromatic carbocycles. The molecule has 0 rings (SSSR count). The number of hydrogen-bond acceptors (Lipinski definition) is 0. The zero-order valence-electron chi connectivity index (χ0n) is 3.79. The van der Waals surface area contributed by atoms with Gasteiger partial charge in [-0.25, -0.2) is 0 Å². The number of halogens is 1. The van der Waals surface area contributed by atoms with Crippen molar-refractivity contribution in [2.75, 3.05) is 0 Å². The summed E-state index contributed by atoms with van der Waals surface area (Å²) >= 11 is 1.47. The van der Waals surface area contributed by atoms with E-state index in [0.29, 0.717) is 0 Å². The Labute approximate surface area is 59.7 Å². The van der Waals surface area contributed by atoms with E-state index in [4.69, 9.17) is 0 Å². The van der Waals surface area contributed by atoms with Crippen molar-refractivity contribution in [3.8, 4) is 0 Å². The summed E-state index contributed by atoms with van der Waals surface area (Å²) in [7, 11) is 4.64. The van der Waals surface area contributed by atoms with Gasteiger partial charge in [0.1, 0.15) is 0 Å². The molecule has 0 saturated heterocycles. The summed E-state index contributed by atoms with van der Waals surface area (Å²) < 4.78 is 0. The van der Waals surface area contributed by atoms with E-state index in [-0.39, 0.29) is 19.5 Å². The molecule has 0 saturated carbocycles. The monoisotopic (exact) mass is 135 g/mol. The van der Waals surface area contributed by atoms with Crippen molar-refractivity contribution in [3.63, 3.8) is 0 Å². The van der Waals surface area contributed by atoms with E-state index in [1.54, 1.807) is 6.92 Å². The Balaban J connectivity index is -0.0000000133. The molecule has 0 bridgehead atoms. The summed E-state index contributed by atoms with van der Waals surface area (Å²) in [6.45, 7) is 5.00. The summed E-state index contributed by atoms with van der Waals surface area (Å²) in [5.74, 6) is 0. The van der Waals surface area contributed by atoms with Crippen LogP contribution in [0.15, 0.2) is 0 Å². The molecular formula is C2H5ClLiZn. The van der Waals surface area contributed by atoms with Gasteiger partial charge >= 0.3 is 26.5 Å². The van der Waals surface area contributed by atoms with E-state index in [9.17, 15) is 0 Å². The molecule has 0 amide bonds. The first-order valence-electron chi connectivity index (χ1n) is 1.09. The Morgan fingerprint density at radius 2 is 1.40 bits per heavy atom. The van der Waals surface area contributed by atoms with E-state index >= 15 is 0 Å². The molecule has 0 fully saturated rings. The smallest absolute Gasteiger partial charge is 0 e. The first kappa shape index (κ1) is 16.0. The molecule has 3 heteroatoms. The van der Waals surface area contributed by atoms with Crippen LogP contribution in [0, 0.1) is 6.92 Å². The third-order valence-electron chi connectivity index (χ3n) is 0. The minimum absolute atomic E-state index is 0. The van der Waals surface area contributed by atoms with E-state index in [1.807, 2.05) is 0 Å². The topological polar surface area (TPSA) is 0 Å². The molecule has 0 unspecified atom stereocenters. The van der Waals surface area contributed by atoms with Crippen LogP contribution in [0.5, 0.6) is 0 Å². The summed E-state index contributed by atoms with van der Waals surface area (Å²) in [5, 5.41) is 0. The van der Waals surface area contributed by atoms with Gasteiger partial charge in [0.05, 0.1) is 0 Å². The van der Waals surface area contributed by atoms with Crippen LogP contribution in [0.4, 0.5) is 0 Å². The zero-order valence-corrected chi connectivity index (χ0v) is 7.52. The Hall–Kier alpha value is 1.51. The van der Waals surface area contributed by atoms with Crippen LogP contribution >= 0.6 is 9.80 Å². The van der Waals surface area contributed by atoms with Crippen molar-refractivity contribution in [3.05, 3.63) is 6.92 Å². The van der Waals surface area contributed by atoms with Crippen molar-refractivity contribution in [1.82, 2.24) is 0 Å². The van der Waals surface area contributed by atoms with Crippen LogP contribution in [0.1, 0.15) is 6.92 Å². The molecule has 23 valence electrons. The Kier molecular flexibility index (Phi) is 158. The van der Waals surface area contributed by atoms with Gasteiger partial charge in [-0.05, 0) is 0 Å². The first-order chi connectivity index (χ1) is 2.00. The van der Waals surface area contributed by atoms with Crippen LogP contribution in [0.25, 0.3) is 0 Å². The van der Waals surface area contributed by atoms with Crippen molar-refractivity contribution < 1.29 is 19.5 Å². The second-order valence-electron chi connectivity index (χ2n) is 0. The quantitative estimate of drug-likeness (QED) is 0.439. The molecule has 0 aromatic heterocycles. The maximum atomic E-state index is 4.64. The third-order valence-corrected chi connectivity index (χ3v) is 0. The molecule has 0 aliphatic rings. The van der Waals surface area contributed by atoms with Crippen molar-refractivity contribution in [1.29, 1.82) is 0 Å². The number of hydrogen-bond donors (Lipinski definition) is 0. The van der Waals surface area contributed by atoms with Gasteiger partial charge in [-0.15, -0.1) is 0 Å². The average molecular weight is 137 g/mol. The predicted molar refractivity (Wildman–Crippen MR) is 22.6 cm³/mol. The first-order valence-corrected chi connectivity index (χ1v) is 1.84. The second kappa shape index (κ2) is 49.1. The SMILES string of the molecule is [CH2]C.[Li][Cl].[Zn]. The fourth-order valence-corrected chi connectivity index (χ4v) is 0. The molecule has 0 heterocycles. The van der Waals surface area contributed by atoms with Gasteiger partial charge in [-0.1, -0.05) is 13.8 Å².